The van der Waals surface area contributed by atoms with Crippen molar-refractivity contribution in [3.05, 3.63) is 0 Å². The van der Waals surface area contributed by atoms with Crippen LogP contribution in [0.2, 0.25) is 0 Å². The molecule has 2 atom stereocenters. The van der Waals surface area contributed by atoms with E-state index in [1.807, 2.05) is 0 Å². The van der Waals surface area contributed by atoms with Crippen molar-refractivity contribution in [3.63, 3.8) is 0 Å². The van der Waals surface area contributed by atoms with Crippen molar-refractivity contribution >= 4 is 5.97 Å². The first-order chi connectivity index (χ1) is 8.90. The predicted molar refractivity (Wildman–Crippen MR) is 71.2 cm³/mol. The summed E-state index contributed by atoms with van der Waals surface area (Å²) in [4.78, 5) is 13.0. The van der Waals surface area contributed by atoms with Crippen molar-refractivity contribution in [1.82, 2.24) is 4.90 Å². The molecule has 0 fully saturated rings. The van der Waals surface area contributed by atoms with Crippen LogP contribution in [0.5, 0.6) is 0 Å². The van der Waals surface area contributed by atoms with Gasteiger partial charge in [0.25, 0.3) is 0 Å². The van der Waals surface area contributed by atoms with Crippen molar-refractivity contribution in [2.24, 2.45) is 5.73 Å². The summed E-state index contributed by atoms with van der Waals surface area (Å²) in [5.41, 5.74) is 4.57. The van der Waals surface area contributed by atoms with Gasteiger partial charge in [0.1, 0.15) is 5.54 Å². The molecule has 0 spiro atoms. The fraction of sp³-hybridized carbons (Fsp3) is 0.923. The molecular weight excluding hydrogens is 273 g/mol. The first-order valence-corrected chi connectivity index (χ1v) is 6.69. The van der Waals surface area contributed by atoms with Gasteiger partial charge in [-0.15, -0.1) is 0 Å². The third-order valence-electron chi connectivity index (χ3n) is 3.05. The second-order valence-electron chi connectivity index (χ2n) is 5.57. The smallest absolute Gasteiger partial charge is 0.401 e. The summed E-state index contributed by atoms with van der Waals surface area (Å²) >= 11 is 0. The minimum Gasteiger partial charge on any atom is -0.465 e. The maximum absolute atomic E-state index is 12.6. The lowest BCUT2D eigenvalue weighted by Gasteiger charge is -2.36. The standard InChI is InChI=1S/C13H25F3N2O2/c1-6-20-11(19)12(5,17)7-10(4)18(9(2)3)8-13(14,15)16/h9-10H,6-8,17H2,1-5H3. The highest BCUT2D eigenvalue weighted by Crippen LogP contribution is 2.23. The van der Waals surface area contributed by atoms with Gasteiger partial charge in [-0.25, -0.2) is 0 Å². The summed E-state index contributed by atoms with van der Waals surface area (Å²) in [6, 6.07) is -0.791. The molecule has 0 saturated heterocycles. The minimum absolute atomic E-state index is 0.0973. The number of nitrogens with zero attached hydrogens (tertiary/aromatic N) is 1. The second kappa shape index (κ2) is 7.26. The zero-order chi connectivity index (χ0) is 16.1. The number of hydrogen-bond donors (Lipinski definition) is 1. The Morgan fingerprint density at radius 1 is 1.30 bits per heavy atom. The van der Waals surface area contributed by atoms with Gasteiger partial charge in [0.2, 0.25) is 0 Å². The summed E-state index contributed by atoms with van der Waals surface area (Å²) in [6.07, 6.45) is -4.19. The Morgan fingerprint density at radius 2 is 1.80 bits per heavy atom. The molecule has 0 amide bonds. The average Bonchev–Trinajstić information content (AvgIpc) is 2.23. The van der Waals surface area contributed by atoms with Crippen LogP contribution in [-0.4, -0.2) is 47.8 Å². The normalized spacial score (nSPS) is 17.1. The van der Waals surface area contributed by atoms with Crippen molar-refractivity contribution in [3.8, 4) is 0 Å². The Labute approximate surface area is 118 Å². The van der Waals surface area contributed by atoms with Crippen LogP contribution in [0.1, 0.15) is 41.0 Å². The minimum atomic E-state index is -4.28. The Balaban J connectivity index is 4.84. The molecule has 0 saturated carbocycles. The first kappa shape index (κ1) is 19.2. The van der Waals surface area contributed by atoms with Crippen LogP contribution in [-0.2, 0) is 9.53 Å². The van der Waals surface area contributed by atoms with E-state index in [1.165, 1.54) is 11.8 Å². The number of rotatable bonds is 7. The van der Waals surface area contributed by atoms with E-state index >= 15 is 0 Å². The second-order valence-corrected chi connectivity index (χ2v) is 5.57. The fourth-order valence-electron chi connectivity index (χ4n) is 2.16. The summed E-state index contributed by atoms with van der Waals surface area (Å²) in [5.74, 6) is -0.595. The molecule has 0 bridgehead atoms. The van der Waals surface area contributed by atoms with Gasteiger partial charge in [0, 0.05) is 12.1 Å². The Bertz CT molecular complexity index is 317. The number of halogens is 3. The lowest BCUT2D eigenvalue weighted by atomic mass is 9.93. The molecule has 7 heteroatoms. The molecule has 0 rings (SSSR count). The highest BCUT2D eigenvalue weighted by molar-refractivity contribution is 5.80. The highest BCUT2D eigenvalue weighted by atomic mass is 19.4. The molecule has 20 heavy (non-hydrogen) atoms. The van der Waals surface area contributed by atoms with Gasteiger partial charge in [-0.2, -0.15) is 13.2 Å². The molecule has 0 aromatic heterocycles. The molecule has 0 aliphatic heterocycles. The maximum Gasteiger partial charge on any atom is 0.401 e. The van der Waals surface area contributed by atoms with Crippen molar-refractivity contribution < 1.29 is 22.7 Å². The van der Waals surface area contributed by atoms with Crippen LogP contribution in [0.3, 0.4) is 0 Å². The molecule has 2 unspecified atom stereocenters. The fourth-order valence-corrected chi connectivity index (χ4v) is 2.16. The van der Waals surface area contributed by atoms with Crippen LogP contribution in [0.15, 0.2) is 0 Å². The Kier molecular flexibility index (Phi) is 6.97. The van der Waals surface area contributed by atoms with Crippen molar-refractivity contribution in [2.75, 3.05) is 13.2 Å². The lowest BCUT2D eigenvalue weighted by molar-refractivity contribution is -0.157. The molecule has 120 valence electrons. The molecular formula is C13H25F3N2O2. The molecule has 0 aliphatic carbocycles. The molecule has 0 aromatic rings. The van der Waals surface area contributed by atoms with E-state index in [4.69, 9.17) is 10.5 Å². The van der Waals surface area contributed by atoms with Gasteiger partial charge in [-0.1, -0.05) is 0 Å². The number of esters is 1. The molecule has 2 N–H and O–H groups in total. The van der Waals surface area contributed by atoms with Gasteiger partial charge in [0.15, 0.2) is 0 Å². The molecule has 0 aliphatic rings. The van der Waals surface area contributed by atoms with Gasteiger partial charge >= 0.3 is 12.1 Å². The molecule has 0 heterocycles. The average molecular weight is 298 g/mol. The van der Waals surface area contributed by atoms with E-state index in [1.54, 1.807) is 27.7 Å². The van der Waals surface area contributed by atoms with Gasteiger partial charge in [-0.3, -0.25) is 9.69 Å². The third-order valence-corrected chi connectivity index (χ3v) is 3.05. The number of alkyl halides is 3. The Hall–Kier alpha value is -0.820. The molecule has 0 aromatic carbocycles. The van der Waals surface area contributed by atoms with Crippen LogP contribution in [0.25, 0.3) is 0 Å². The number of ether oxygens (including phenoxy) is 1. The zero-order valence-corrected chi connectivity index (χ0v) is 12.8. The monoisotopic (exact) mass is 298 g/mol. The van der Waals surface area contributed by atoms with Gasteiger partial charge < -0.3 is 10.5 Å². The Morgan fingerprint density at radius 3 is 2.15 bits per heavy atom. The number of carbonyl (C=O) groups is 1. The van der Waals surface area contributed by atoms with E-state index in [2.05, 4.69) is 0 Å². The number of carbonyl (C=O) groups excluding carboxylic acids is 1. The number of nitrogens with two attached hydrogens (primary N) is 1. The largest absolute Gasteiger partial charge is 0.465 e. The van der Waals surface area contributed by atoms with E-state index < -0.39 is 30.3 Å². The SMILES string of the molecule is CCOC(=O)C(C)(N)CC(C)N(CC(F)(F)F)C(C)C. The maximum atomic E-state index is 12.6. The van der Waals surface area contributed by atoms with E-state index in [0.29, 0.717) is 0 Å². The third kappa shape index (κ3) is 6.56. The molecule has 0 radical (unpaired) electrons. The van der Waals surface area contributed by atoms with E-state index in [-0.39, 0.29) is 19.1 Å². The zero-order valence-electron chi connectivity index (χ0n) is 12.8. The van der Waals surface area contributed by atoms with Gasteiger partial charge in [0.05, 0.1) is 13.2 Å². The molecule has 4 nitrogen and oxygen atoms in total. The van der Waals surface area contributed by atoms with Crippen LogP contribution >= 0.6 is 0 Å². The van der Waals surface area contributed by atoms with E-state index in [9.17, 15) is 18.0 Å². The quantitative estimate of drug-likeness (QED) is 0.733. The number of hydrogen-bond acceptors (Lipinski definition) is 4. The van der Waals surface area contributed by atoms with Crippen molar-refractivity contribution in [2.45, 2.75) is 64.8 Å². The summed E-state index contributed by atoms with van der Waals surface area (Å²) in [7, 11) is 0. The van der Waals surface area contributed by atoms with Gasteiger partial charge in [-0.05, 0) is 41.0 Å². The summed E-state index contributed by atoms with van der Waals surface area (Å²) in [6.45, 7) is 7.30. The van der Waals surface area contributed by atoms with Crippen LogP contribution in [0, 0.1) is 0 Å². The van der Waals surface area contributed by atoms with Crippen molar-refractivity contribution in [1.29, 1.82) is 0 Å². The van der Waals surface area contributed by atoms with Crippen LogP contribution in [0.4, 0.5) is 13.2 Å². The van der Waals surface area contributed by atoms with E-state index in [0.717, 1.165) is 0 Å². The topological polar surface area (TPSA) is 55.6 Å². The van der Waals surface area contributed by atoms with Crippen LogP contribution < -0.4 is 5.73 Å². The lowest BCUT2D eigenvalue weighted by Crippen LogP contribution is -2.53. The predicted octanol–water partition coefficient (Wildman–Crippen LogP) is 2.32. The highest BCUT2D eigenvalue weighted by Gasteiger charge is 2.38. The first-order valence-electron chi connectivity index (χ1n) is 6.69. The summed E-state index contributed by atoms with van der Waals surface area (Å²) in [5, 5.41) is 0. The summed E-state index contributed by atoms with van der Waals surface area (Å²) < 4.78 is 42.6.